The van der Waals surface area contributed by atoms with E-state index in [0.717, 1.165) is 26.1 Å². The van der Waals surface area contributed by atoms with Crippen molar-refractivity contribution in [1.29, 1.82) is 0 Å². The highest BCUT2D eigenvalue weighted by molar-refractivity contribution is 14.0. The number of hydrogen-bond donors (Lipinski definition) is 2. The van der Waals surface area contributed by atoms with E-state index in [9.17, 15) is 0 Å². The average molecular weight is 411 g/mol. The fourth-order valence-corrected chi connectivity index (χ4v) is 2.84. The van der Waals surface area contributed by atoms with Crippen molar-refractivity contribution in [2.24, 2.45) is 22.6 Å². The quantitative estimate of drug-likeness (QED) is 0.278. The Hall–Kier alpha value is -0.0400. The Morgan fingerprint density at radius 2 is 2.10 bits per heavy atom. The summed E-state index contributed by atoms with van der Waals surface area (Å²) in [6.07, 6.45) is 7.69. The highest BCUT2D eigenvalue weighted by Gasteiger charge is 2.28. The van der Waals surface area contributed by atoms with E-state index in [4.69, 9.17) is 10.5 Å². The topological polar surface area (TPSA) is 59.6 Å². The van der Waals surface area contributed by atoms with E-state index in [2.05, 4.69) is 31.1 Å². The highest BCUT2D eigenvalue weighted by Crippen LogP contribution is 2.26. The summed E-state index contributed by atoms with van der Waals surface area (Å²) in [6.45, 7) is 9.29. The van der Waals surface area contributed by atoms with Gasteiger partial charge < -0.3 is 15.8 Å². The summed E-state index contributed by atoms with van der Waals surface area (Å²) in [5.41, 5.74) is 5.93. The third-order valence-corrected chi connectivity index (χ3v) is 3.98. The second kappa shape index (κ2) is 12.5. The van der Waals surface area contributed by atoms with E-state index < -0.39 is 0 Å². The molecule has 0 spiro atoms. The Morgan fingerprint density at radius 1 is 1.33 bits per heavy atom. The van der Waals surface area contributed by atoms with E-state index in [1.54, 1.807) is 0 Å². The van der Waals surface area contributed by atoms with Crippen LogP contribution in [0.15, 0.2) is 4.99 Å². The minimum Gasteiger partial charge on any atom is -0.378 e. The van der Waals surface area contributed by atoms with Gasteiger partial charge in [0.25, 0.3) is 0 Å². The molecule has 2 unspecified atom stereocenters. The second-order valence-electron chi connectivity index (χ2n) is 6.20. The zero-order valence-electron chi connectivity index (χ0n) is 13.9. The molecule has 1 aliphatic heterocycles. The average Bonchev–Trinajstić information content (AvgIpc) is 2.45. The van der Waals surface area contributed by atoms with Crippen LogP contribution in [0.25, 0.3) is 0 Å². The molecule has 2 atom stereocenters. The summed E-state index contributed by atoms with van der Waals surface area (Å²) < 4.78 is 5.88. The maximum Gasteiger partial charge on any atom is 0.188 e. The molecule has 0 aromatic heterocycles. The molecule has 0 aromatic rings. The first-order valence-corrected chi connectivity index (χ1v) is 8.30. The van der Waals surface area contributed by atoms with Gasteiger partial charge in [-0.3, -0.25) is 4.99 Å². The van der Waals surface area contributed by atoms with Crippen molar-refractivity contribution in [3.8, 4) is 0 Å². The molecule has 126 valence electrons. The molecule has 21 heavy (non-hydrogen) atoms. The van der Waals surface area contributed by atoms with Gasteiger partial charge in [0.1, 0.15) is 0 Å². The number of aliphatic imine (C=N–C) groups is 1. The Bertz CT molecular complexity index is 285. The SMILES string of the molecule is CCCCCCNC(N)=NCC1CCCOC1C(C)C.I. The number of ether oxygens (including phenoxy) is 1. The molecule has 0 bridgehead atoms. The third-order valence-electron chi connectivity index (χ3n) is 3.98. The van der Waals surface area contributed by atoms with Gasteiger partial charge in [-0.25, -0.2) is 0 Å². The fourth-order valence-electron chi connectivity index (χ4n) is 2.84. The molecule has 1 fully saturated rings. The van der Waals surface area contributed by atoms with E-state index in [0.29, 0.717) is 23.9 Å². The molecule has 5 heteroatoms. The van der Waals surface area contributed by atoms with Crippen molar-refractivity contribution in [2.75, 3.05) is 19.7 Å². The van der Waals surface area contributed by atoms with Gasteiger partial charge in [0.05, 0.1) is 6.10 Å². The van der Waals surface area contributed by atoms with Crippen molar-refractivity contribution < 1.29 is 4.74 Å². The van der Waals surface area contributed by atoms with Crippen molar-refractivity contribution in [2.45, 2.75) is 65.4 Å². The molecular formula is C16H34IN3O. The molecule has 4 nitrogen and oxygen atoms in total. The predicted molar refractivity (Wildman–Crippen MR) is 101 cm³/mol. The molecule has 3 N–H and O–H groups in total. The Morgan fingerprint density at radius 3 is 2.76 bits per heavy atom. The van der Waals surface area contributed by atoms with Crippen molar-refractivity contribution >= 4 is 29.9 Å². The zero-order chi connectivity index (χ0) is 14.8. The number of nitrogens with two attached hydrogens (primary N) is 1. The van der Waals surface area contributed by atoms with Gasteiger partial charge >= 0.3 is 0 Å². The van der Waals surface area contributed by atoms with Crippen LogP contribution in [0.3, 0.4) is 0 Å². The molecule has 1 heterocycles. The van der Waals surface area contributed by atoms with Gasteiger partial charge in [0.15, 0.2) is 5.96 Å². The highest BCUT2D eigenvalue weighted by atomic mass is 127. The minimum atomic E-state index is 0. The van der Waals surface area contributed by atoms with Crippen molar-refractivity contribution in [1.82, 2.24) is 5.32 Å². The summed E-state index contributed by atoms with van der Waals surface area (Å²) in [4.78, 5) is 4.50. The Labute approximate surface area is 147 Å². The van der Waals surface area contributed by atoms with E-state index in [1.165, 1.54) is 32.1 Å². The van der Waals surface area contributed by atoms with Gasteiger partial charge in [-0.15, -0.1) is 24.0 Å². The number of rotatable bonds is 8. The summed E-state index contributed by atoms with van der Waals surface area (Å²) in [5.74, 6) is 1.66. The van der Waals surface area contributed by atoms with Crippen LogP contribution in [-0.2, 0) is 4.74 Å². The zero-order valence-corrected chi connectivity index (χ0v) is 16.3. The van der Waals surface area contributed by atoms with Gasteiger partial charge in [-0.2, -0.15) is 0 Å². The molecule has 1 saturated heterocycles. The standard InChI is InChI=1S/C16H33N3O.HI/c1-4-5-6-7-10-18-16(17)19-12-14-9-8-11-20-15(14)13(2)3;/h13-15H,4-12H2,1-3H3,(H3,17,18,19);1H. The van der Waals surface area contributed by atoms with Crippen LogP contribution in [0, 0.1) is 11.8 Å². The van der Waals surface area contributed by atoms with Gasteiger partial charge in [-0.1, -0.05) is 40.0 Å². The largest absolute Gasteiger partial charge is 0.378 e. The number of unbranched alkanes of at least 4 members (excludes halogenated alkanes) is 3. The number of hydrogen-bond acceptors (Lipinski definition) is 2. The first-order chi connectivity index (χ1) is 9.65. The summed E-state index contributed by atoms with van der Waals surface area (Å²) in [7, 11) is 0. The minimum absolute atomic E-state index is 0. The Kier molecular flexibility index (Phi) is 12.5. The van der Waals surface area contributed by atoms with Crippen LogP contribution < -0.4 is 11.1 Å². The molecule has 1 aliphatic rings. The summed E-state index contributed by atoms with van der Waals surface area (Å²) in [6, 6.07) is 0. The van der Waals surface area contributed by atoms with E-state index >= 15 is 0 Å². The first kappa shape index (κ1) is 21.0. The Balaban J connectivity index is 0.00000400. The van der Waals surface area contributed by atoms with Crippen LogP contribution in [0.2, 0.25) is 0 Å². The lowest BCUT2D eigenvalue weighted by molar-refractivity contribution is -0.0491. The van der Waals surface area contributed by atoms with Gasteiger partial charge in [-0.05, 0) is 25.2 Å². The fraction of sp³-hybridized carbons (Fsp3) is 0.938. The maximum atomic E-state index is 5.93. The number of nitrogens with zero attached hydrogens (tertiary/aromatic N) is 1. The molecular weight excluding hydrogens is 377 g/mol. The molecule has 0 aliphatic carbocycles. The van der Waals surface area contributed by atoms with E-state index in [1.807, 2.05) is 0 Å². The smallest absolute Gasteiger partial charge is 0.188 e. The number of nitrogens with one attached hydrogen (secondary N) is 1. The maximum absolute atomic E-state index is 5.93. The lowest BCUT2D eigenvalue weighted by Gasteiger charge is -2.33. The number of halogens is 1. The van der Waals surface area contributed by atoms with E-state index in [-0.39, 0.29) is 24.0 Å². The normalized spacial score (nSPS) is 23.0. The van der Waals surface area contributed by atoms with Crippen LogP contribution in [0.1, 0.15) is 59.3 Å². The molecule has 0 saturated carbocycles. The first-order valence-electron chi connectivity index (χ1n) is 8.30. The lowest BCUT2D eigenvalue weighted by atomic mass is 9.87. The van der Waals surface area contributed by atoms with Crippen LogP contribution >= 0.6 is 24.0 Å². The summed E-state index contributed by atoms with van der Waals surface area (Å²) >= 11 is 0. The van der Waals surface area contributed by atoms with Gasteiger partial charge in [0, 0.05) is 25.6 Å². The monoisotopic (exact) mass is 411 g/mol. The lowest BCUT2D eigenvalue weighted by Crippen LogP contribution is -2.37. The second-order valence-corrected chi connectivity index (χ2v) is 6.20. The summed E-state index contributed by atoms with van der Waals surface area (Å²) in [5, 5.41) is 3.21. The van der Waals surface area contributed by atoms with Gasteiger partial charge in [0.2, 0.25) is 0 Å². The molecule has 1 rings (SSSR count). The van der Waals surface area contributed by atoms with Crippen LogP contribution in [0.4, 0.5) is 0 Å². The predicted octanol–water partition coefficient (Wildman–Crippen LogP) is 3.54. The van der Waals surface area contributed by atoms with Crippen molar-refractivity contribution in [3.63, 3.8) is 0 Å². The molecule has 0 amide bonds. The van der Waals surface area contributed by atoms with Crippen molar-refractivity contribution in [3.05, 3.63) is 0 Å². The molecule has 0 radical (unpaired) electrons. The van der Waals surface area contributed by atoms with Crippen LogP contribution in [0.5, 0.6) is 0 Å². The van der Waals surface area contributed by atoms with Crippen LogP contribution in [-0.4, -0.2) is 31.8 Å². The molecule has 0 aromatic carbocycles. The number of guanidine groups is 1. The third kappa shape index (κ3) is 8.86.